The van der Waals surface area contributed by atoms with E-state index in [4.69, 9.17) is 0 Å². The minimum absolute atomic E-state index is 0.0927. The summed E-state index contributed by atoms with van der Waals surface area (Å²) in [5, 5.41) is 12.3. The van der Waals surface area contributed by atoms with Crippen molar-refractivity contribution in [1.29, 1.82) is 0 Å². The van der Waals surface area contributed by atoms with E-state index in [0.717, 1.165) is 24.1 Å². The Morgan fingerprint density at radius 1 is 1.00 bits per heavy atom. The number of amides is 2. The third-order valence-electron chi connectivity index (χ3n) is 6.40. The van der Waals surface area contributed by atoms with Gasteiger partial charge in [-0.15, -0.1) is 0 Å². The molecule has 1 aliphatic rings. The molecule has 0 unspecified atom stereocenters. The van der Waals surface area contributed by atoms with E-state index in [0.29, 0.717) is 24.3 Å². The summed E-state index contributed by atoms with van der Waals surface area (Å²) in [6.45, 7) is 7.04. The van der Waals surface area contributed by atoms with Crippen molar-refractivity contribution in [3.8, 4) is 0 Å². The molecule has 1 heterocycles. The first kappa shape index (κ1) is 24.9. The molecule has 33 heavy (non-hydrogen) atoms. The lowest BCUT2D eigenvalue weighted by Gasteiger charge is -2.35. The van der Waals surface area contributed by atoms with Gasteiger partial charge in [0.15, 0.2) is 0 Å². The second kappa shape index (κ2) is 10.9. The Bertz CT molecular complexity index is 997. The van der Waals surface area contributed by atoms with E-state index in [-0.39, 0.29) is 18.7 Å². The SMILES string of the molecule is CCC(CC)(C(=O)O)C(=O)Nc1cccc(C(=O)N2CCN(Cc3ccc(Br)cc3)CC2)c1. The molecule has 2 aromatic carbocycles. The lowest BCUT2D eigenvalue weighted by atomic mass is 9.81. The molecule has 0 aromatic heterocycles. The molecule has 1 saturated heterocycles. The first-order chi connectivity index (χ1) is 15.8. The Labute approximate surface area is 202 Å². The second-order valence-electron chi connectivity index (χ2n) is 8.32. The molecule has 2 aromatic rings. The van der Waals surface area contributed by atoms with Gasteiger partial charge in [0.25, 0.3) is 5.91 Å². The smallest absolute Gasteiger partial charge is 0.319 e. The monoisotopic (exact) mass is 515 g/mol. The zero-order chi connectivity index (χ0) is 24.0. The molecule has 0 bridgehead atoms. The number of benzene rings is 2. The number of carbonyl (C=O) groups excluding carboxylic acids is 2. The number of rotatable bonds is 8. The van der Waals surface area contributed by atoms with Gasteiger partial charge in [-0.3, -0.25) is 19.3 Å². The van der Waals surface area contributed by atoms with Crippen LogP contribution in [-0.2, 0) is 16.1 Å². The number of carbonyl (C=O) groups is 3. The van der Waals surface area contributed by atoms with Crippen molar-refractivity contribution < 1.29 is 19.5 Å². The number of anilines is 1. The van der Waals surface area contributed by atoms with Crippen molar-refractivity contribution in [2.45, 2.75) is 33.2 Å². The molecular weight excluding hydrogens is 486 g/mol. The Balaban J connectivity index is 1.61. The number of hydrogen-bond acceptors (Lipinski definition) is 4. The quantitative estimate of drug-likeness (QED) is 0.513. The van der Waals surface area contributed by atoms with E-state index < -0.39 is 17.3 Å². The van der Waals surface area contributed by atoms with Crippen LogP contribution in [0.3, 0.4) is 0 Å². The summed E-state index contributed by atoms with van der Waals surface area (Å²) in [7, 11) is 0. The number of carboxylic acids is 1. The third kappa shape index (κ3) is 5.81. The Morgan fingerprint density at radius 2 is 1.64 bits per heavy atom. The number of piperazine rings is 1. The fourth-order valence-electron chi connectivity index (χ4n) is 4.09. The van der Waals surface area contributed by atoms with Crippen LogP contribution in [0.1, 0.15) is 42.6 Å². The lowest BCUT2D eigenvalue weighted by Crippen LogP contribution is -2.48. The van der Waals surface area contributed by atoms with Crippen LogP contribution in [0.5, 0.6) is 0 Å². The van der Waals surface area contributed by atoms with Gasteiger partial charge >= 0.3 is 5.97 Å². The summed E-state index contributed by atoms with van der Waals surface area (Å²) in [6.07, 6.45) is 0.377. The molecule has 2 amide bonds. The predicted molar refractivity (Wildman–Crippen MR) is 131 cm³/mol. The van der Waals surface area contributed by atoms with Gasteiger partial charge in [0.1, 0.15) is 5.41 Å². The summed E-state index contributed by atoms with van der Waals surface area (Å²) >= 11 is 3.45. The number of carboxylic acid groups (broad SMARTS) is 1. The normalized spacial score (nSPS) is 14.7. The number of nitrogens with zero attached hydrogens (tertiary/aromatic N) is 2. The Morgan fingerprint density at radius 3 is 2.21 bits per heavy atom. The molecule has 176 valence electrons. The van der Waals surface area contributed by atoms with Crippen LogP contribution in [-0.4, -0.2) is 58.9 Å². The van der Waals surface area contributed by atoms with E-state index >= 15 is 0 Å². The highest BCUT2D eigenvalue weighted by Gasteiger charge is 2.42. The topological polar surface area (TPSA) is 89.9 Å². The van der Waals surface area contributed by atoms with Crippen LogP contribution >= 0.6 is 15.9 Å². The highest BCUT2D eigenvalue weighted by molar-refractivity contribution is 9.10. The zero-order valence-corrected chi connectivity index (χ0v) is 20.6. The van der Waals surface area contributed by atoms with E-state index in [2.05, 4.69) is 38.3 Å². The van der Waals surface area contributed by atoms with Crippen molar-refractivity contribution >= 4 is 39.4 Å². The molecule has 3 rings (SSSR count). The summed E-state index contributed by atoms with van der Waals surface area (Å²) < 4.78 is 1.05. The molecule has 0 spiro atoms. The maximum Gasteiger partial charge on any atom is 0.319 e. The fourth-order valence-corrected chi connectivity index (χ4v) is 4.36. The third-order valence-corrected chi connectivity index (χ3v) is 6.93. The highest BCUT2D eigenvalue weighted by atomic mass is 79.9. The van der Waals surface area contributed by atoms with Gasteiger partial charge in [0, 0.05) is 48.4 Å². The number of hydrogen-bond donors (Lipinski definition) is 2. The van der Waals surface area contributed by atoms with E-state index in [1.165, 1.54) is 5.56 Å². The minimum Gasteiger partial charge on any atom is -0.480 e. The van der Waals surface area contributed by atoms with Gasteiger partial charge in [-0.05, 0) is 48.7 Å². The molecule has 0 aliphatic carbocycles. The summed E-state index contributed by atoms with van der Waals surface area (Å²) in [5.74, 6) is -1.80. The number of aliphatic carboxylic acids is 1. The number of nitrogens with one attached hydrogen (secondary N) is 1. The van der Waals surface area contributed by atoms with Gasteiger partial charge in [0.2, 0.25) is 5.91 Å². The summed E-state index contributed by atoms with van der Waals surface area (Å²) in [5.41, 5.74) is 0.652. The van der Waals surface area contributed by atoms with Crippen LogP contribution in [0.2, 0.25) is 0 Å². The molecule has 1 fully saturated rings. The Kier molecular flexibility index (Phi) is 8.26. The van der Waals surface area contributed by atoms with Crippen molar-refractivity contribution in [2.75, 3.05) is 31.5 Å². The highest BCUT2D eigenvalue weighted by Crippen LogP contribution is 2.29. The number of halogens is 1. The zero-order valence-electron chi connectivity index (χ0n) is 19.0. The predicted octanol–water partition coefficient (Wildman–Crippen LogP) is 4.24. The average Bonchev–Trinajstić information content (AvgIpc) is 2.82. The average molecular weight is 516 g/mol. The maximum absolute atomic E-state index is 13.1. The second-order valence-corrected chi connectivity index (χ2v) is 9.24. The Hall–Kier alpha value is -2.71. The van der Waals surface area contributed by atoms with Gasteiger partial charge < -0.3 is 15.3 Å². The molecule has 0 radical (unpaired) electrons. The van der Waals surface area contributed by atoms with Crippen LogP contribution in [0.15, 0.2) is 53.0 Å². The van der Waals surface area contributed by atoms with Gasteiger partial charge in [-0.1, -0.05) is 48.0 Å². The fraction of sp³-hybridized carbons (Fsp3) is 0.400. The van der Waals surface area contributed by atoms with Crippen LogP contribution in [0, 0.1) is 5.41 Å². The molecule has 0 saturated carbocycles. The van der Waals surface area contributed by atoms with Crippen LogP contribution < -0.4 is 5.32 Å². The van der Waals surface area contributed by atoms with Crippen molar-refractivity contribution in [1.82, 2.24) is 9.80 Å². The largest absolute Gasteiger partial charge is 0.480 e. The first-order valence-corrected chi connectivity index (χ1v) is 12.0. The van der Waals surface area contributed by atoms with Gasteiger partial charge in [0.05, 0.1) is 0 Å². The van der Waals surface area contributed by atoms with Crippen molar-refractivity contribution in [2.24, 2.45) is 5.41 Å². The molecule has 8 heteroatoms. The molecule has 2 N–H and O–H groups in total. The standard InChI is InChI=1S/C25H30BrN3O4/c1-3-25(4-2,24(32)33)23(31)27-21-7-5-6-19(16-21)22(30)29-14-12-28(13-15-29)17-18-8-10-20(26)11-9-18/h5-11,16H,3-4,12-15,17H2,1-2H3,(H,27,31)(H,32,33). The molecule has 0 atom stereocenters. The van der Waals surface area contributed by atoms with Gasteiger partial charge in [-0.2, -0.15) is 0 Å². The van der Waals surface area contributed by atoms with Crippen molar-refractivity contribution in [3.63, 3.8) is 0 Å². The van der Waals surface area contributed by atoms with Gasteiger partial charge in [-0.25, -0.2) is 0 Å². The van der Waals surface area contributed by atoms with E-state index in [1.54, 1.807) is 38.1 Å². The van der Waals surface area contributed by atoms with Crippen LogP contribution in [0.25, 0.3) is 0 Å². The molecule has 7 nitrogen and oxygen atoms in total. The minimum atomic E-state index is -1.48. The maximum atomic E-state index is 13.1. The first-order valence-electron chi connectivity index (χ1n) is 11.2. The summed E-state index contributed by atoms with van der Waals surface area (Å²) in [6, 6.07) is 15.0. The lowest BCUT2D eigenvalue weighted by molar-refractivity contribution is -0.154. The summed E-state index contributed by atoms with van der Waals surface area (Å²) in [4.78, 5) is 41.7. The van der Waals surface area contributed by atoms with Crippen LogP contribution in [0.4, 0.5) is 5.69 Å². The molecular formula is C25H30BrN3O4. The van der Waals surface area contributed by atoms with Crippen molar-refractivity contribution in [3.05, 3.63) is 64.1 Å². The van der Waals surface area contributed by atoms with E-state index in [9.17, 15) is 19.5 Å². The van der Waals surface area contributed by atoms with E-state index in [1.807, 2.05) is 17.0 Å². The molecule has 1 aliphatic heterocycles.